The van der Waals surface area contributed by atoms with Crippen molar-refractivity contribution in [2.75, 3.05) is 25.2 Å². The Bertz CT molecular complexity index is 516. The molecule has 1 aromatic rings. The molecule has 0 radical (unpaired) electrons. The zero-order valence-electron chi connectivity index (χ0n) is 12.7. The average Bonchev–Trinajstić information content (AvgIpc) is 2.44. The summed E-state index contributed by atoms with van der Waals surface area (Å²) in [5.74, 6) is -0.0263. The number of anilines is 1. The third kappa shape index (κ3) is 4.34. The summed E-state index contributed by atoms with van der Waals surface area (Å²) in [4.78, 5) is 24.1. The van der Waals surface area contributed by atoms with E-state index in [2.05, 4.69) is 0 Å². The quantitative estimate of drug-likeness (QED) is 0.436. The largest absolute Gasteiger partial charge is 0.496 e. The Morgan fingerprint density at radius 1 is 1.43 bits per heavy atom. The molecular formula is C14H20N2O5. The Balaban J connectivity index is 3.18. The van der Waals surface area contributed by atoms with E-state index in [1.54, 1.807) is 24.0 Å². The molecule has 0 aromatic heterocycles. The number of benzene rings is 1. The molecule has 0 saturated heterocycles. The highest BCUT2D eigenvalue weighted by Gasteiger charge is 2.24. The van der Waals surface area contributed by atoms with Crippen LogP contribution in [0.25, 0.3) is 0 Å². The second-order valence-electron chi connectivity index (χ2n) is 4.64. The van der Waals surface area contributed by atoms with Crippen LogP contribution < -0.4 is 9.64 Å². The number of methoxy groups -OCH3 is 1. The van der Waals surface area contributed by atoms with Crippen molar-refractivity contribution in [1.82, 2.24) is 0 Å². The van der Waals surface area contributed by atoms with E-state index in [4.69, 9.17) is 9.47 Å². The molecular weight excluding hydrogens is 276 g/mol. The summed E-state index contributed by atoms with van der Waals surface area (Å²) in [7, 11) is 1.44. The van der Waals surface area contributed by atoms with Gasteiger partial charge in [0, 0.05) is 6.04 Å². The Kier molecular flexibility index (Phi) is 5.95. The van der Waals surface area contributed by atoms with Gasteiger partial charge in [-0.05, 0) is 32.9 Å². The predicted octanol–water partition coefficient (Wildman–Crippen LogP) is 2.38. The first-order valence-electron chi connectivity index (χ1n) is 6.65. The molecule has 0 atom stereocenters. The first-order chi connectivity index (χ1) is 9.90. The summed E-state index contributed by atoms with van der Waals surface area (Å²) >= 11 is 0. The third-order valence-corrected chi connectivity index (χ3v) is 2.92. The number of nitro groups is 1. The minimum absolute atomic E-state index is 0.0430. The van der Waals surface area contributed by atoms with Crippen LogP contribution in [-0.4, -0.2) is 37.2 Å². The lowest BCUT2D eigenvalue weighted by Gasteiger charge is -2.27. The van der Waals surface area contributed by atoms with Crippen LogP contribution in [-0.2, 0) is 9.53 Å². The topological polar surface area (TPSA) is 81.9 Å². The van der Waals surface area contributed by atoms with Crippen molar-refractivity contribution in [3.63, 3.8) is 0 Å². The highest BCUT2D eigenvalue weighted by molar-refractivity contribution is 5.78. The summed E-state index contributed by atoms with van der Waals surface area (Å²) < 4.78 is 9.92. The lowest BCUT2D eigenvalue weighted by molar-refractivity contribution is -0.384. The van der Waals surface area contributed by atoms with Crippen LogP contribution in [0.15, 0.2) is 18.2 Å². The molecule has 0 spiro atoms. The van der Waals surface area contributed by atoms with Gasteiger partial charge in [0.05, 0.1) is 24.7 Å². The summed E-state index contributed by atoms with van der Waals surface area (Å²) in [6, 6.07) is 4.45. The number of ether oxygens (including phenoxy) is 2. The third-order valence-electron chi connectivity index (χ3n) is 2.92. The Morgan fingerprint density at radius 2 is 2.10 bits per heavy atom. The van der Waals surface area contributed by atoms with Crippen LogP contribution in [0.4, 0.5) is 11.4 Å². The van der Waals surface area contributed by atoms with Gasteiger partial charge in [-0.25, -0.2) is 0 Å². The lowest BCUT2D eigenvalue weighted by atomic mass is 10.2. The molecule has 0 saturated carbocycles. The summed E-state index contributed by atoms with van der Waals surface area (Å²) in [6.07, 6.45) is 0. The highest BCUT2D eigenvalue weighted by atomic mass is 16.6. The predicted molar refractivity (Wildman–Crippen MR) is 78.8 cm³/mol. The van der Waals surface area contributed by atoms with Crippen molar-refractivity contribution in [3.8, 4) is 5.75 Å². The van der Waals surface area contributed by atoms with Gasteiger partial charge in [-0.3, -0.25) is 14.9 Å². The normalized spacial score (nSPS) is 10.3. The Morgan fingerprint density at radius 3 is 2.57 bits per heavy atom. The van der Waals surface area contributed by atoms with E-state index in [-0.39, 0.29) is 24.9 Å². The number of carbonyl (C=O) groups excluding carboxylic acids is 1. The SMILES string of the molecule is CCOC(=O)CN(c1ccc(OC)cc1[N+](=O)[O-])C(C)C. The highest BCUT2D eigenvalue weighted by Crippen LogP contribution is 2.33. The van der Waals surface area contributed by atoms with Crippen molar-refractivity contribution in [2.24, 2.45) is 0 Å². The Hall–Kier alpha value is -2.31. The van der Waals surface area contributed by atoms with Gasteiger partial charge in [0.25, 0.3) is 5.69 Å². The van der Waals surface area contributed by atoms with Crippen LogP contribution in [0.1, 0.15) is 20.8 Å². The van der Waals surface area contributed by atoms with Gasteiger partial charge in [-0.15, -0.1) is 0 Å². The van der Waals surface area contributed by atoms with Crippen molar-refractivity contribution in [2.45, 2.75) is 26.8 Å². The monoisotopic (exact) mass is 296 g/mol. The van der Waals surface area contributed by atoms with Gasteiger partial charge in [0.15, 0.2) is 0 Å². The molecule has 0 aliphatic heterocycles. The molecule has 7 heteroatoms. The van der Waals surface area contributed by atoms with Gasteiger partial charge in [-0.1, -0.05) is 0 Å². The first-order valence-corrected chi connectivity index (χ1v) is 6.65. The van der Waals surface area contributed by atoms with Gasteiger partial charge in [-0.2, -0.15) is 0 Å². The zero-order valence-corrected chi connectivity index (χ0v) is 12.7. The van der Waals surface area contributed by atoms with Crippen molar-refractivity contribution >= 4 is 17.3 Å². The van der Waals surface area contributed by atoms with Gasteiger partial charge >= 0.3 is 5.97 Å². The smallest absolute Gasteiger partial charge is 0.325 e. The fraction of sp³-hybridized carbons (Fsp3) is 0.500. The molecule has 0 amide bonds. The van der Waals surface area contributed by atoms with E-state index < -0.39 is 10.9 Å². The number of carbonyl (C=O) groups is 1. The lowest BCUT2D eigenvalue weighted by Crippen LogP contribution is -2.37. The van der Waals surface area contributed by atoms with Crippen molar-refractivity contribution in [1.29, 1.82) is 0 Å². The van der Waals surface area contributed by atoms with E-state index >= 15 is 0 Å². The molecule has 0 heterocycles. The Labute approximate surface area is 123 Å². The summed E-state index contributed by atoms with van der Waals surface area (Å²) in [6.45, 7) is 5.65. The maximum Gasteiger partial charge on any atom is 0.325 e. The van der Waals surface area contributed by atoms with Gasteiger partial charge in [0.2, 0.25) is 0 Å². The van der Waals surface area contributed by atoms with Crippen LogP contribution in [0, 0.1) is 10.1 Å². The van der Waals surface area contributed by atoms with E-state index in [1.807, 2.05) is 13.8 Å². The maximum absolute atomic E-state index is 11.7. The van der Waals surface area contributed by atoms with E-state index in [1.165, 1.54) is 13.2 Å². The number of nitrogens with zero attached hydrogens (tertiary/aromatic N) is 2. The minimum Gasteiger partial charge on any atom is -0.496 e. The average molecular weight is 296 g/mol. The molecule has 0 bridgehead atoms. The maximum atomic E-state index is 11.7. The van der Waals surface area contributed by atoms with E-state index in [9.17, 15) is 14.9 Å². The molecule has 1 aromatic carbocycles. The van der Waals surface area contributed by atoms with Gasteiger partial charge in [0.1, 0.15) is 18.0 Å². The second-order valence-corrected chi connectivity index (χ2v) is 4.64. The van der Waals surface area contributed by atoms with Crippen molar-refractivity contribution < 1.29 is 19.2 Å². The minimum atomic E-state index is -0.488. The summed E-state index contributed by atoms with van der Waals surface area (Å²) in [5.41, 5.74) is 0.260. The second kappa shape index (κ2) is 7.47. The van der Waals surface area contributed by atoms with Gasteiger partial charge < -0.3 is 14.4 Å². The number of hydrogen-bond donors (Lipinski definition) is 0. The standard InChI is InChI=1S/C14H20N2O5/c1-5-21-14(17)9-15(10(2)3)12-7-6-11(20-4)8-13(12)16(18)19/h6-8,10H,5,9H2,1-4H3. The molecule has 21 heavy (non-hydrogen) atoms. The molecule has 0 fully saturated rings. The fourth-order valence-corrected chi connectivity index (χ4v) is 1.91. The molecule has 1 rings (SSSR count). The van der Waals surface area contributed by atoms with Crippen LogP contribution >= 0.6 is 0 Å². The van der Waals surface area contributed by atoms with Crippen molar-refractivity contribution in [3.05, 3.63) is 28.3 Å². The molecule has 0 aliphatic carbocycles. The molecule has 7 nitrogen and oxygen atoms in total. The van der Waals surface area contributed by atoms with Crippen LogP contribution in [0.5, 0.6) is 5.75 Å². The number of nitro benzene ring substituents is 1. The van der Waals surface area contributed by atoms with E-state index in [0.29, 0.717) is 11.4 Å². The number of esters is 1. The van der Waals surface area contributed by atoms with Crippen LogP contribution in [0.3, 0.4) is 0 Å². The molecule has 0 N–H and O–H groups in total. The fourth-order valence-electron chi connectivity index (χ4n) is 1.91. The first kappa shape index (κ1) is 16.7. The molecule has 0 aliphatic rings. The number of hydrogen-bond acceptors (Lipinski definition) is 6. The zero-order chi connectivity index (χ0) is 16.0. The summed E-state index contributed by atoms with van der Waals surface area (Å²) in [5, 5.41) is 11.2. The number of rotatable bonds is 7. The molecule has 0 unspecified atom stereocenters. The van der Waals surface area contributed by atoms with Crippen LogP contribution in [0.2, 0.25) is 0 Å². The molecule has 116 valence electrons. The van der Waals surface area contributed by atoms with E-state index in [0.717, 1.165) is 0 Å².